The van der Waals surface area contributed by atoms with Crippen molar-refractivity contribution in [3.63, 3.8) is 0 Å². The van der Waals surface area contributed by atoms with Crippen molar-refractivity contribution in [2.75, 3.05) is 18.1 Å². The Morgan fingerprint density at radius 2 is 2.42 bits per heavy atom. The normalized spacial score (nSPS) is 10.1. The van der Waals surface area contributed by atoms with E-state index in [2.05, 4.69) is 4.98 Å². The van der Waals surface area contributed by atoms with E-state index in [9.17, 15) is 0 Å². The largest absolute Gasteiger partial charge is 0.399 e. The Labute approximate surface area is 76.0 Å². The second kappa shape index (κ2) is 5.00. The number of nitrogen functional groups attached to an aromatic ring is 1. The van der Waals surface area contributed by atoms with Gasteiger partial charge in [-0.3, -0.25) is 0 Å². The topological polar surface area (TPSA) is 59.1 Å². The molecule has 0 aliphatic heterocycles. The summed E-state index contributed by atoms with van der Waals surface area (Å²) in [4.78, 5) is 4.11. The minimum absolute atomic E-state index is 0.231. The average Bonchev–Trinajstić information content (AvgIpc) is 2.05. The van der Waals surface area contributed by atoms with Gasteiger partial charge in [-0.1, -0.05) is 0 Å². The first-order valence-electron chi connectivity index (χ1n) is 3.78. The van der Waals surface area contributed by atoms with Crippen molar-refractivity contribution in [1.29, 1.82) is 0 Å². The van der Waals surface area contributed by atoms with Gasteiger partial charge < -0.3 is 10.8 Å². The Hall–Kier alpha value is -0.740. The molecule has 1 aromatic rings. The second-order valence-corrected chi connectivity index (χ2v) is 3.47. The number of thioether (sulfide) groups is 1. The molecular formula is C8H12N2OS. The summed E-state index contributed by atoms with van der Waals surface area (Å²) in [5.41, 5.74) is 6.29. The summed E-state index contributed by atoms with van der Waals surface area (Å²) >= 11 is 1.61. The first-order chi connectivity index (χ1) is 5.83. The molecule has 0 aromatic carbocycles. The van der Waals surface area contributed by atoms with Gasteiger partial charge >= 0.3 is 0 Å². The molecule has 0 spiro atoms. The van der Waals surface area contributed by atoms with Gasteiger partial charge in [0.1, 0.15) is 0 Å². The highest BCUT2D eigenvalue weighted by Gasteiger charge is 1.94. The van der Waals surface area contributed by atoms with Crippen molar-refractivity contribution in [3.05, 3.63) is 18.3 Å². The van der Waals surface area contributed by atoms with E-state index in [0.717, 1.165) is 22.9 Å². The van der Waals surface area contributed by atoms with Gasteiger partial charge in [0.2, 0.25) is 0 Å². The minimum Gasteiger partial charge on any atom is -0.399 e. The van der Waals surface area contributed by atoms with Crippen LogP contribution in [0.2, 0.25) is 0 Å². The van der Waals surface area contributed by atoms with Crippen LogP contribution in [0.5, 0.6) is 0 Å². The van der Waals surface area contributed by atoms with Gasteiger partial charge in [0.15, 0.2) is 0 Å². The molecule has 0 aliphatic carbocycles. The Morgan fingerprint density at radius 3 is 3.08 bits per heavy atom. The van der Waals surface area contributed by atoms with E-state index in [1.165, 1.54) is 0 Å². The van der Waals surface area contributed by atoms with E-state index in [1.54, 1.807) is 24.0 Å². The van der Waals surface area contributed by atoms with E-state index in [4.69, 9.17) is 10.8 Å². The fraction of sp³-hybridized carbons (Fsp3) is 0.375. The minimum atomic E-state index is 0.231. The molecule has 0 saturated heterocycles. The van der Waals surface area contributed by atoms with Gasteiger partial charge in [0, 0.05) is 24.2 Å². The summed E-state index contributed by atoms with van der Waals surface area (Å²) in [6.07, 6.45) is 2.48. The van der Waals surface area contributed by atoms with Crippen LogP contribution in [0.15, 0.2) is 23.4 Å². The molecule has 0 radical (unpaired) electrons. The molecule has 0 fully saturated rings. The monoisotopic (exact) mass is 184 g/mol. The molecule has 0 unspecified atom stereocenters. The Kier molecular flexibility index (Phi) is 3.90. The van der Waals surface area contributed by atoms with Gasteiger partial charge in [-0.2, -0.15) is 0 Å². The maximum Gasteiger partial charge on any atom is 0.0980 e. The Morgan fingerprint density at radius 1 is 1.58 bits per heavy atom. The number of rotatable bonds is 4. The van der Waals surface area contributed by atoms with E-state index >= 15 is 0 Å². The predicted molar refractivity (Wildman–Crippen MR) is 51.1 cm³/mol. The summed E-state index contributed by atoms with van der Waals surface area (Å²) in [6, 6.07) is 3.60. The van der Waals surface area contributed by atoms with Crippen LogP contribution in [0.25, 0.3) is 0 Å². The van der Waals surface area contributed by atoms with Crippen molar-refractivity contribution in [2.45, 2.75) is 11.4 Å². The Bertz CT molecular complexity index is 242. The lowest BCUT2D eigenvalue weighted by Gasteiger charge is -1.99. The van der Waals surface area contributed by atoms with Gasteiger partial charge in [-0.25, -0.2) is 4.98 Å². The number of nitrogens with zero attached hydrogens (tertiary/aromatic N) is 1. The van der Waals surface area contributed by atoms with Crippen molar-refractivity contribution < 1.29 is 5.11 Å². The molecule has 4 heteroatoms. The molecule has 3 N–H and O–H groups in total. The highest BCUT2D eigenvalue weighted by atomic mass is 32.2. The van der Waals surface area contributed by atoms with Gasteiger partial charge in [0.25, 0.3) is 0 Å². The molecule has 0 aliphatic rings. The van der Waals surface area contributed by atoms with Crippen LogP contribution < -0.4 is 5.73 Å². The SMILES string of the molecule is Nc1ccnc(SCCCO)c1. The number of pyridine rings is 1. The third-order valence-corrected chi connectivity index (χ3v) is 2.32. The van der Waals surface area contributed by atoms with E-state index in [-0.39, 0.29) is 6.61 Å². The van der Waals surface area contributed by atoms with E-state index in [0.29, 0.717) is 0 Å². The number of hydrogen-bond donors (Lipinski definition) is 2. The van der Waals surface area contributed by atoms with Crippen LogP contribution in [0, 0.1) is 0 Å². The van der Waals surface area contributed by atoms with Crippen molar-refractivity contribution in [2.24, 2.45) is 0 Å². The van der Waals surface area contributed by atoms with Crippen LogP contribution in [-0.4, -0.2) is 22.5 Å². The first-order valence-corrected chi connectivity index (χ1v) is 4.76. The average molecular weight is 184 g/mol. The maximum absolute atomic E-state index is 8.54. The lowest BCUT2D eigenvalue weighted by atomic mass is 10.4. The molecule has 12 heavy (non-hydrogen) atoms. The number of aliphatic hydroxyl groups excluding tert-OH is 1. The first kappa shape index (κ1) is 9.35. The number of aromatic nitrogens is 1. The zero-order valence-corrected chi connectivity index (χ0v) is 7.55. The number of hydrogen-bond acceptors (Lipinski definition) is 4. The molecular weight excluding hydrogens is 172 g/mol. The smallest absolute Gasteiger partial charge is 0.0980 e. The van der Waals surface area contributed by atoms with Crippen LogP contribution >= 0.6 is 11.8 Å². The molecule has 0 atom stereocenters. The van der Waals surface area contributed by atoms with E-state index < -0.39 is 0 Å². The Balaban J connectivity index is 2.41. The lowest BCUT2D eigenvalue weighted by molar-refractivity contribution is 0.296. The molecule has 3 nitrogen and oxygen atoms in total. The van der Waals surface area contributed by atoms with E-state index in [1.807, 2.05) is 6.07 Å². The van der Waals surface area contributed by atoms with Gasteiger partial charge in [-0.15, -0.1) is 11.8 Å². The third kappa shape index (κ3) is 3.11. The fourth-order valence-electron chi connectivity index (χ4n) is 0.745. The summed E-state index contributed by atoms with van der Waals surface area (Å²) < 4.78 is 0. The highest BCUT2D eigenvalue weighted by molar-refractivity contribution is 7.99. The standard InChI is InChI=1S/C8H12N2OS/c9-7-2-3-10-8(6-7)12-5-1-4-11/h2-3,6,11H,1,4-5H2,(H2,9,10). The fourth-order valence-corrected chi connectivity index (χ4v) is 1.58. The summed E-state index contributed by atoms with van der Waals surface area (Å²) in [5.74, 6) is 0.882. The molecule has 0 amide bonds. The van der Waals surface area contributed by atoms with Crippen LogP contribution in [0.1, 0.15) is 6.42 Å². The lowest BCUT2D eigenvalue weighted by Crippen LogP contribution is -1.89. The molecule has 0 saturated carbocycles. The van der Waals surface area contributed by atoms with Crippen LogP contribution in [0.4, 0.5) is 5.69 Å². The van der Waals surface area contributed by atoms with Gasteiger partial charge in [0.05, 0.1) is 5.03 Å². The molecule has 1 heterocycles. The zero-order valence-electron chi connectivity index (χ0n) is 6.73. The zero-order chi connectivity index (χ0) is 8.81. The molecule has 1 rings (SSSR count). The molecule has 66 valence electrons. The van der Waals surface area contributed by atoms with Crippen molar-refractivity contribution >= 4 is 17.4 Å². The number of aliphatic hydroxyl groups is 1. The van der Waals surface area contributed by atoms with Crippen LogP contribution in [0.3, 0.4) is 0 Å². The molecule has 1 aromatic heterocycles. The summed E-state index contributed by atoms with van der Waals surface area (Å²) in [7, 11) is 0. The summed E-state index contributed by atoms with van der Waals surface area (Å²) in [6.45, 7) is 0.231. The van der Waals surface area contributed by atoms with Crippen molar-refractivity contribution in [1.82, 2.24) is 4.98 Å². The van der Waals surface area contributed by atoms with Crippen LogP contribution in [-0.2, 0) is 0 Å². The summed E-state index contributed by atoms with van der Waals surface area (Å²) in [5, 5.41) is 9.46. The number of nitrogens with two attached hydrogens (primary N) is 1. The maximum atomic E-state index is 8.54. The van der Waals surface area contributed by atoms with Crippen molar-refractivity contribution in [3.8, 4) is 0 Å². The van der Waals surface area contributed by atoms with Gasteiger partial charge in [-0.05, 0) is 18.6 Å². The highest BCUT2D eigenvalue weighted by Crippen LogP contribution is 2.17. The third-order valence-electron chi connectivity index (χ3n) is 1.31. The predicted octanol–water partition coefficient (Wildman–Crippen LogP) is 1.14. The number of anilines is 1. The second-order valence-electron chi connectivity index (χ2n) is 2.35. The quantitative estimate of drug-likeness (QED) is 0.544. The molecule has 0 bridgehead atoms.